The first-order chi connectivity index (χ1) is 11.2. The van der Waals surface area contributed by atoms with Gasteiger partial charge in [-0.3, -0.25) is 9.36 Å². The highest BCUT2D eigenvalue weighted by Gasteiger charge is 2.16. The third-order valence-corrected chi connectivity index (χ3v) is 4.58. The number of aromatic nitrogens is 2. The smallest absolute Gasteiger partial charge is 0.262 e. The van der Waals surface area contributed by atoms with Crippen LogP contribution < -0.4 is 5.56 Å². The molecule has 2 aromatic heterocycles. The first-order valence-electron chi connectivity index (χ1n) is 7.48. The number of benzene rings is 1. The molecule has 0 atom stereocenters. The summed E-state index contributed by atoms with van der Waals surface area (Å²) in [5.74, 6) is 0.293. The topological polar surface area (TPSA) is 34.9 Å². The molecule has 0 aliphatic rings. The molecule has 3 aromatic rings. The lowest BCUT2D eigenvalue weighted by Crippen LogP contribution is -2.26. The average Bonchev–Trinajstić information content (AvgIpc) is 2.96. The third-order valence-electron chi connectivity index (χ3n) is 3.71. The van der Waals surface area contributed by atoms with E-state index in [1.54, 1.807) is 12.1 Å². The Labute approximate surface area is 136 Å². The zero-order valence-electron chi connectivity index (χ0n) is 12.7. The third kappa shape index (κ3) is 2.91. The van der Waals surface area contributed by atoms with Crippen LogP contribution in [0.5, 0.6) is 0 Å². The quantitative estimate of drug-likeness (QED) is 0.701. The second-order valence-electron chi connectivity index (χ2n) is 5.26. The molecule has 0 unspecified atom stereocenters. The largest absolute Gasteiger partial charge is 0.293 e. The van der Waals surface area contributed by atoms with Crippen molar-refractivity contribution in [3.63, 3.8) is 0 Å². The maximum atomic E-state index is 13.1. The van der Waals surface area contributed by atoms with Gasteiger partial charge in [-0.1, -0.05) is 19.1 Å². The van der Waals surface area contributed by atoms with Crippen LogP contribution >= 0.6 is 11.3 Å². The SMILES string of the molecule is CCCc1nc2scc(-c3ccc(F)cc3)c2c(=O)n1CCF. The van der Waals surface area contributed by atoms with Crippen LogP contribution in [0.15, 0.2) is 34.4 Å². The van der Waals surface area contributed by atoms with Crippen LogP contribution in [0.3, 0.4) is 0 Å². The molecule has 3 rings (SSSR count). The average molecular weight is 334 g/mol. The number of aryl methyl sites for hydroxylation is 1. The molecule has 0 aliphatic heterocycles. The molecule has 120 valence electrons. The molecule has 1 aromatic carbocycles. The molecule has 2 heterocycles. The van der Waals surface area contributed by atoms with Gasteiger partial charge < -0.3 is 0 Å². The summed E-state index contributed by atoms with van der Waals surface area (Å²) in [5.41, 5.74) is 1.25. The second kappa shape index (κ2) is 6.58. The summed E-state index contributed by atoms with van der Waals surface area (Å²) in [6, 6.07) is 5.99. The zero-order chi connectivity index (χ0) is 16.4. The lowest BCUT2D eigenvalue weighted by atomic mass is 10.1. The van der Waals surface area contributed by atoms with E-state index in [-0.39, 0.29) is 17.9 Å². The number of hydrogen-bond donors (Lipinski definition) is 0. The van der Waals surface area contributed by atoms with E-state index in [1.165, 1.54) is 28.0 Å². The van der Waals surface area contributed by atoms with Gasteiger partial charge in [0.1, 0.15) is 23.1 Å². The van der Waals surface area contributed by atoms with Crippen LogP contribution in [-0.2, 0) is 13.0 Å². The summed E-state index contributed by atoms with van der Waals surface area (Å²) in [7, 11) is 0. The zero-order valence-corrected chi connectivity index (χ0v) is 13.5. The fraction of sp³-hybridized carbons (Fsp3) is 0.294. The fourth-order valence-corrected chi connectivity index (χ4v) is 3.59. The maximum Gasteiger partial charge on any atom is 0.262 e. The Bertz CT molecular complexity index is 884. The van der Waals surface area contributed by atoms with E-state index >= 15 is 0 Å². The van der Waals surface area contributed by atoms with Crippen molar-refractivity contribution in [2.45, 2.75) is 26.3 Å². The van der Waals surface area contributed by atoms with Crippen molar-refractivity contribution in [3.05, 3.63) is 51.6 Å². The van der Waals surface area contributed by atoms with Crippen LogP contribution in [0.4, 0.5) is 8.78 Å². The Morgan fingerprint density at radius 1 is 1.26 bits per heavy atom. The maximum absolute atomic E-state index is 13.1. The summed E-state index contributed by atoms with van der Waals surface area (Å²) in [5, 5.41) is 2.33. The Hall–Kier alpha value is -2.08. The van der Waals surface area contributed by atoms with Gasteiger partial charge in [-0.15, -0.1) is 11.3 Å². The number of thiophene rings is 1. The molecule has 0 spiro atoms. The van der Waals surface area contributed by atoms with Crippen LogP contribution in [0.1, 0.15) is 19.2 Å². The first-order valence-corrected chi connectivity index (χ1v) is 8.36. The monoisotopic (exact) mass is 334 g/mol. The Balaban J connectivity index is 2.24. The summed E-state index contributed by atoms with van der Waals surface area (Å²) >= 11 is 1.38. The van der Waals surface area contributed by atoms with Crippen LogP contribution in [0.25, 0.3) is 21.3 Å². The Morgan fingerprint density at radius 2 is 2.00 bits per heavy atom. The molecule has 0 fully saturated rings. The number of alkyl halides is 1. The Morgan fingerprint density at radius 3 is 2.65 bits per heavy atom. The molecule has 3 nitrogen and oxygen atoms in total. The molecule has 0 radical (unpaired) electrons. The van der Waals surface area contributed by atoms with Crippen molar-refractivity contribution in [2.75, 3.05) is 6.67 Å². The molecule has 0 saturated heterocycles. The lowest BCUT2D eigenvalue weighted by molar-refractivity contribution is 0.431. The van der Waals surface area contributed by atoms with E-state index in [9.17, 15) is 13.6 Å². The van der Waals surface area contributed by atoms with E-state index in [0.717, 1.165) is 17.5 Å². The highest BCUT2D eigenvalue weighted by atomic mass is 32.1. The van der Waals surface area contributed by atoms with Gasteiger partial charge in [-0.25, -0.2) is 13.8 Å². The minimum absolute atomic E-state index is 0.00973. The van der Waals surface area contributed by atoms with E-state index in [4.69, 9.17) is 0 Å². The molecule has 0 aliphatic carbocycles. The van der Waals surface area contributed by atoms with Crippen molar-refractivity contribution >= 4 is 21.6 Å². The second-order valence-corrected chi connectivity index (χ2v) is 6.12. The van der Waals surface area contributed by atoms with Gasteiger partial charge >= 0.3 is 0 Å². The first kappa shape index (κ1) is 15.8. The van der Waals surface area contributed by atoms with E-state index in [0.29, 0.717) is 22.5 Å². The lowest BCUT2D eigenvalue weighted by Gasteiger charge is -2.10. The number of halogens is 2. The summed E-state index contributed by atoms with van der Waals surface area (Å²) in [6.45, 7) is 1.39. The van der Waals surface area contributed by atoms with E-state index < -0.39 is 6.67 Å². The number of nitrogens with zero attached hydrogens (tertiary/aromatic N) is 2. The van der Waals surface area contributed by atoms with Gasteiger partial charge in [-0.05, 0) is 24.1 Å². The van der Waals surface area contributed by atoms with Crippen molar-refractivity contribution in [1.82, 2.24) is 9.55 Å². The van der Waals surface area contributed by atoms with Gasteiger partial charge in [-0.2, -0.15) is 0 Å². The summed E-state index contributed by atoms with van der Waals surface area (Å²) < 4.78 is 27.4. The fourth-order valence-electron chi connectivity index (χ4n) is 2.64. The highest BCUT2D eigenvalue weighted by Crippen LogP contribution is 2.31. The molecule has 23 heavy (non-hydrogen) atoms. The predicted molar refractivity (Wildman–Crippen MR) is 89.2 cm³/mol. The van der Waals surface area contributed by atoms with E-state index in [1.807, 2.05) is 12.3 Å². The molecule has 0 saturated carbocycles. The Kier molecular flexibility index (Phi) is 4.52. The standard InChI is InChI=1S/C17H16F2N2OS/c1-2-3-14-20-16-15(17(22)21(14)9-8-18)13(10-23-16)11-4-6-12(19)7-5-11/h4-7,10H,2-3,8-9H2,1H3. The van der Waals surface area contributed by atoms with Crippen molar-refractivity contribution in [2.24, 2.45) is 0 Å². The van der Waals surface area contributed by atoms with Crippen LogP contribution in [0.2, 0.25) is 0 Å². The molecule has 0 amide bonds. The minimum Gasteiger partial charge on any atom is -0.293 e. The highest BCUT2D eigenvalue weighted by molar-refractivity contribution is 7.17. The van der Waals surface area contributed by atoms with Crippen LogP contribution in [0, 0.1) is 5.82 Å². The van der Waals surface area contributed by atoms with Gasteiger partial charge in [0.25, 0.3) is 5.56 Å². The number of fused-ring (bicyclic) bond motifs is 1. The minimum atomic E-state index is -0.611. The molecule has 6 heteroatoms. The molecular weight excluding hydrogens is 318 g/mol. The predicted octanol–water partition coefficient (Wildman–Crippen LogP) is 4.19. The summed E-state index contributed by atoms with van der Waals surface area (Å²) in [4.78, 5) is 18.0. The number of hydrogen-bond acceptors (Lipinski definition) is 3. The molecule has 0 bridgehead atoms. The normalized spacial score (nSPS) is 11.3. The molecular formula is C17H16F2N2OS. The van der Waals surface area contributed by atoms with Crippen LogP contribution in [-0.4, -0.2) is 16.2 Å². The van der Waals surface area contributed by atoms with E-state index in [2.05, 4.69) is 4.98 Å². The van der Waals surface area contributed by atoms with Gasteiger partial charge in [0.15, 0.2) is 0 Å². The van der Waals surface area contributed by atoms with Crippen molar-refractivity contribution in [3.8, 4) is 11.1 Å². The summed E-state index contributed by atoms with van der Waals surface area (Å²) in [6.07, 6.45) is 1.47. The van der Waals surface area contributed by atoms with Crippen molar-refractivity contribution in [1.29, 1.82) is 0 Å². The van der Waals surface area contributed by atoms with Gasteiger partial charge in [0, 0.05) is 17.4 Å². The molecule has 0 N–H and O–H groups in total. The number of rotatable bonds is 5. The van der Waals surface area contributed by atoms with Gasteiger partial charge in [0.05, 0.1) is 11.9 Å². The van der Waals surface area contributed by atoms with Gasteiger partial charge in [0.2, 0.25) is 0 Å². The van der Waals surface area contributed by atoms with Crippen molar-refractivity contribution < 1.29 is 8.78 Å².